The quantitative estimate of drug-likeness (QED) is 0.0369. The van der Waals surface area contributed by atoms with Gasteiger partial charge in [-0.3, -0.25) is 24.0 Å². The van der Waals surface area contributed by atoms with E-state index in [4.69, 9.17) is 33.2 Å². The number of hydrogen-bond donors (Lipinski definition) is 9. The van der Waals surface area contributed by atoms with Gasteiger partial charge in [0.1, 0.15) is 103 Å². The maximum absolute atomic E-state index is 12.9. The number of rotatable bonds is 25. The Morgan fingerprint density at radius 1 is 0.398 bits per heavy atom. The normalized spacial score (nSPS) is 23.5. The van der Waals surface area contributed by atoms with Crippen molar-refractivity contribution in [3.8, 4) is 34.5 Å². The van der Waals surface area contributed by atoms with E-state index in [0.29, 0.717) is 69.5 Å². The van der Waals surface area contributed by atoms with E-state index in [2.05, 4.69) is 38.8 Å². The second kappa shape index (κ2) is 30.3. The van der Waals surface area contributed by atoms with Crippen LogP contribution in [0.5, 0.6) is 34.5 Å². The van der Waals surface area contributed by atoms with Crippen LogP contribution in [0.25, 0.3) is 0 Å². The van der Waals surface area contributed by atoms with Gasteiger partial charge < -0.3 is 80.4 Å². The van der Waals surface area contributed by atoms with Crippen molar-refractivity contribution in [2.45, 2.75) is 113 Å². The molecule has 6 aliphatic rings. The molecule has 6 aromatic carbocycles. The topological polar surface area (TPSA) is 293 Å². The van der Waals surface area contributed by atoms with Crippen molar-refractivity contribution in [2.24, 2.45) is 0 Å². The third-order valence-corrected chi connectivity index (χ3v) is 15.5. The molecule has 0 aromatic heterocycles. The number of nitrogens with one attached hydrogen (secondary N) is 6. The van der Waals surface area contributed by atoms with Crippen molar-refractivity contribution in [2.75, 3.05) is 52.8 Å². The average molecular weight is 1210 g/mol. The molecule has 88 heavy (non-hydrogen) atoms. The first-order valence-electron chi connectivity index (χ1n) is 29.9. The van der Waals surface area contributed by atoms with E-state index < -0.39 is 30.3 Å². The van der Waals surface area contributed by atoms with Crippen LogP contribution in [0.1, 0.15) is 46.7 Å². The highest BCUT2D eigenvalue weighted by Gasteiger charge is 2.36. The second-order valence-corrected chi connectivity index (χ2v) is 22.7. The Labute approximate surface area is 510 Å². The molecule has 21 heteroatoms. The lowest BCUT2D eigenvalue weighted by Gasteiger charge is -2.30. The van der Waals surface area contributed by atoms with Crippen molar-refractivity contribution >= 4 is 29.5 Å². The summed E-state index contributed by atoms with van der Waals surface area (Å²) >= 11 is 0. The molecule has 6 heterocycles. The Morgan fingerprint density at radius 2 is 0.682 bits per heavy atom. The fraction of sp³-hybridized carbons (Fsp3) is 0.388. The van der Waals surface area contributed by atoms with Gasteiger partial charge in [0.15, 0.2) is 0 Å². The summed E-state index contributed by atoms with van der Waals surface area (Å²) in [7, 11) is 0. The number of aliphatic hydroxyl groups excluding tert-OH is 1. The van der Waals surface area contributed by atoms with Crippen LogP contribution in [0, 0.1) is 0 Å². The number of carbonyl (C=O) groups is 5. The summed E-state index contributed by atoms with van der Waals surface area (Å²) in [5.74, 6) is 2.07. The molecule has 12 rings (SSSR count). The van der Waals surface area contributed by atoms with Crippen molar-refractivity contribution in [1.29, 1.82) is 0 Å². The summed E-state index contributed by atoms with van der Waals surface area (Å²) in [5, 5.41) is 46.9. The van der Waals surface area contributed by atoms with Crippen LogP contribution in [-0.2, 0) is 76.7 Å². The predicted molar refractivity (Wildman–Crippen MR) is 323 cm³/mol. The van der Waals surface area contributed by atoms with Gasteiger partial charge in [0, 0.05) is 38.3 Å². The highest BCUT2D eigenvalue weighted by Crippen LogP contribution is 2.23. The highest BCUT2D eigenvalue weighted by molar-refractivity contribution is 5.98. The van der Waals surface area contributed by atoms with Gasteiger partial charge in [-0.15, -0.1) is 0 Å². The summed E-state index contributed by atoms with van der Waals surface area (Å²) in [6, 6.07) is 40.3. The van der Waals surface area contributed by atoms with E-state index in [0.717, 1.165) is 71.1 Å². The number of ether oxygens (including phenoxy) is 7. The fourth-order valence-corrected chi connectivity index (χ4v) is 10.0. The third-order valence-electron chi connectivity index (χ3n) is 15.5. The molecule has 10 atom stereocenters. The highest BCUT2D eigenvalue weighted by atomic mass is 16.6. The predicted octanol–water partition coefficient (Wildman–Crippen LogP) is 3.73. The molecule has 0 bridgehead atoms. The molecule has 5 amide bonds. The molecule has 464 valence electrons. The van der Waals surface area contributed by atoms with Crippen molar-refractivity contribution < 1.29 is 72.5 Å². The minimum absolute atomic E-state index is 0.00179. The van der Waals surface area contributed by atoms with Gasteiger partial charge in [0.2, 0.25) is 29.5 Å². The molecule has 9 N–H and O–H groups in total. The molecule has 0 aliphatic carbocycles. The van der Waals surface area contributed by atoms with Gasteiger partial charge >= 0.3 is 0 Å². The lowest BCUT2D eigenvalue weighted by molar-refractivity contribution is -0.136. The van der Waals surface area contributed by atoms with E-state index >= 15 is 0 Å². The number of carbonyl (C=O) groups excluding carboxylic acids is 5. The van der Waals surface area contributed by atoms with E-state index in [-0.39, 0.29) is 78.5 Å². The molecule has 0 saturated carbocycles. The van der Waals surface area contributed by atoms with Gasteiger partial charge in [-0.1, -0.05) is 79.7 Å². The second-order valence-electron chi connectivity index (χ2n) is 22.7. The number of epoxide rings is 3. The van der Waals surface area contributed by atoms with Crippen LogP contribution in [0.15, 0.2) is 146 Å². The number of hydrogen-bond acceptors (Lipinski definition) is 16. The third kappa shape index (κ3) is 19.6. The molecule has 0 spiro atoms. The lowest BCUT2D eigenvalue weighted by atomic mass is 9.98. The van der Waals surface area contributed by atoms with Gasteiger partial charge in [-0.25, -0.2) is 0 Å². The Morgan fingerprint density at radius 3 is 0.977 bits per heavy atom. The van der Waals surface area contributed by atoms with Crippen LogP contribution in [0.2, 0.25) is 0 Å². The summed E-state index contributed by atoms with van der Waals surface area (Å²) in [6.45, 7) is 6.45. The number of phenolic OH excluding ortho intramolecular Hbond substituents is 2. The summed E-state index contributed by atoms with van der Waals surface area (Å²) < 4.78 is 38.2. The molecule has 6 aliphatic heterocycles. The molecule has 0 radical (unpaired) electrons. The van der Waals surface area contributed by atoms with Crippen LogP contribution < -0.4 is 50.8 Å². The SMILES string of the molecule is CCC1CO1.O=C1NC(Cc2ccc(O)cc2)C(=O)NC1Cc1ccc(O)cc1.O=C1NC(Cc2ccc(OCC3CO3)cc2)CNC1Cc1ccc(OCC(O)COc2ccc(CC3NC(=O)C(Cc4ccc(OCC5CO5)cc4)NC3=O)cc2)cc1. The Balaban J connectivity index is 0.000000242. The number of piperazine rings is 3. The monoisotopic (exact) mass is 1200 g/mol. The Kier molecular flexibility index (Phi) is 21.4. The fourth-order valence-electron chi connectivity index (χ4n) is 10.0. The van der Waals surface area contributed by atoms with Gasteiger partial charge in [0.25, 0.3) is 0 Å². The van der Waals surface area contributed by atoms with Crippen LogP contribution in [0.3, 0.4) is 0 Å². The number of benzene rings is 6. The van der Waals surface area contributed by atoms with Gasteiger partial charge in [-0.2, -0.15) is 0 Å². The minimum atomic E-state index is -0.881. The molecule has 21 nitrogen and oxygen atoms in total. The van der Waals surface area contributed by atoms with E-state index in [9.17, 15) is 39.3 Å². The Bertz CT molecular complexity index is 3190. The van der Waals surface area contributed by atoms with Gasteiger partial charge in [-0.05, 0) is 125 Å². The standard InChI is InChI=1S/C45H50N4O10.C18H18N2O4.C4H8O/c50-33(22-54-34-11-3-29(4-12-34)18-40-43(51)47-32(21-46-40)17-28-1-9-36(10-2-28)56-24-38-26-58-38)23-55-35-13-5-30(6-14-35)19-41-44(52)49-42(45(53)48-41)20-31-7-15-37(16-8-31)57-25-39-27-59-39;21-13-5-1-11(2-6-13)9-15-17(23)20-16(18(24)19-15)10-12-3-7-14(22)8-4-12;1-2-4-3-5-4/h1-16,32-33,38-42,46,50H,17-27H2,(H,47,51)(H,48,53)(H,49,52);1-8,15-16,21-22H,9-10H2,(H,19,24)(H,20,23);4H,2-3H2,1H3. The zero-order valence-electron chi connectivity index (χ0n) is 49.0. The maximum atomic E-state index is 12.9. The Hall–Kier alpha value is -8.73. The molecule has 6 aromatic rings. The molecule has 6 saturated heterocycles. The molecule has 10 unspecified atom stereocenters. The van der Waals surface area contributed by atoms with E-state index in [1.807, 2.05) is 84.9 Å². The minimum Gasteiger partial charge on any atom is -0.508 e. The maximum Gasteiger partial charge on any atom is 0.243 e. The van der Waals surface area contributed by atoms with Crippen LogP contribution >= 0.6 is 0 Å². The number of amides is 5. The largest absolute Gasteiger partial charge is 0.508 e. The zero-order valence-corrected chi connectivity index (χ0v) is 49.0. The van der Waals surface area contributed by atoms with E-state index in [1.165, 1.54) is 6.42 Å². The van der Waals surface area contributed by atoms with Crippen molar-refractivity contribution in [3.05, 3.63) is 179 Å². The van der Waals surface area contributed by atoms with Crippen molar-refractivity contribution in [3.63, 3.8) is 0 Å². The lowest BCUT2D eigenvalue weighted by Crippen LogP contribution is -2.62. The first-order chi connectivity index (χ1) is 42.7. The van der Waals surface area contributed by atoms with E-state index in [1.54, 1.807) is 60.7 Å². The first-order valence-corrected chi connectivity index (χ1v) is 29.9. The molecular formula is C67H76N6O15. The first kappa shape index (κ1) is 62.3. The molecule has 6 fully saturated rings. The number of aromatic hydroxyl groups is 2. The summed E-state index contributed by atoms with van der Waals surface area (Å²) in [5.41, 5.74) is 5.58. The van der Waals surface area contributed by atoms with Crippen LogP contribution in [0.4, 0.5) is 0 Å². The molecular weight excluding hydrogens is 1130 g/mol. The van der Waals surface area contributed by atoms with Gasteiger partial charge in [0.05, 0.1) is 32.0 Å². The van der Waals surface area contributed by atoms with Crippen molar-refractivity contribution in [1.82, 2.24) is 31.9 Å². The average Bonchev–Trinajstić information content (AvgIpc) is 4.23. The zero-order chi connectivity index (χ0) is 61.4. The summed E-state index contributed by atoms with van der Waals surface area (Å²) in [4.78, 5) is 63.2. The smallest absolute Gasteiger partial charge is 0.243 e. The number of aliphatic hydroxyl groups is 1. The number of phenols is 2. The summed E-state index contributed by atoms with van der Waals surface area (Å²) in [6.07, 6.45) is 4.03. The van der Waals surface area contributed by atoms with Crippen LogP contribution in [-0.4, -0.2) is 158 Å².